The lowest BCUT2D eigenvalue weighted by molar-refractivity contribution is -0.149. The van der Waals surface area contributed by atoms with E-state index >= 15 is 0 Å². The van der Waals surface area contributed by atoms with Crippen LogP contribution < -0.4 is 10.6 Å². The molecule has 0 aliphatic carbocycles. The Kier molecular flexibility index (Phi) is 4.79. The summed E-state index contributed by atoms with van der Waals surface area (Å²) < 4.78 is 12.9. The molecule has 1 aromatic carbocycles. The topological polar surface area (TPSA) is 95.5 Å². The van der Waals surface area contributed by atoms with Gasteiger partial charge in [-0.25, -0.2) is 9.18 Å². The summed E-state index contributed by atoms with van der Waals surface area (Å²) in [5.74, 6) is -2.40. The average Bonchev–Trinajstić information content (AvgIpc) is 2.26. The van der Waals surface area contributed by atoms with E-state index in [2.05, 4.69) is 5.32 Å². The van der Waals surface area contributed by atoms with Crippen LogP contribution in [0.15, 0.2) is 24.3 Å². The van der Waals surface area contributed by atoms with Gasteiger partial charge < -0.3 is 10.4 Å². The third-order valence-electron chi connectivity index (χ3n) is 2.52. The Balaban J connectivity index is 2.55. The average molecular weight is 282 g/mol. The minimum Gasteiger partial charge on any atom is -0.481 e. The van der Waals surface area contributed by atoms with Gasteiger partial charge in [0.15, 0.2) is 0 Å². The third kappa shape index (κ3) is 4.68. The number of urea groups is 1. The summed E-state index contributed by atoms with van der Waals surface area (Å²) in [5.41, 5.74) is -1.09. The maximum absolute atomic E-state index is 12.9. The van der Waals surface area contributed by atoms with Gasteiger partial charge in [-0.15, -0.1) is 0 Å². The van der Waals surface area contributed by atoms with Gasteiger partial charge in [-0.3, -0.25) is 14.9 Å². The summed E-state index contributed by atoms with van der Waals surface area (Å²) in [5, 5.41) is 13.1. The van der Waals surface area contributed by atoms with E-state index in [1.807, 2.05) is 5.32 Å². The predicted octanol–water partition coefficient (Wildman–Crippen LogP) is 1.97. The number of hydrogen-bond acceptors (Lipinski definition) is 3. The highest BCUT2D eigenvalue weighted by Crippen LogP contribution is 2.20. The van der Waals surface area contributed by atoms with Crippen molar-refractivity contribution in [3.05, 3.63) is 30.1 Å². The monoisotopic (exact) mass is 282 g/mol. The second-order valence-electron chi connectivity index (χ2n) is 4.88. The summed E-state index contributed by atoms with van der Waals surface area (Å²) in [6, 6.07) is 4.31. The molecule has 3 N–H and O–H groups in total. The van der Waals surface area contributed by atoms with Crippen LogP contribution in [0.3, 0.4) is 0 Å². The van der Waals surface area contributed by atoms with E-state index in [9.17, 15) is 18.8 Å². The summed E-state index contributed by atoms with van der Waals surface area (Å²) >= 11 is 0. The molecule has 0 heterocycles. The van der Waals surface area contributed by atoms with Crippen LogP contribution in [0.1, 0.15) is 20.3 Å². The molecule has 0 aliphatic heterocycles. The lowest BCUT2D eigenvalue weighted by Gasteiger charge is -2.17. The molecule has 108 valence electrons. The summed E-state index contributed by atoms with van der Waals surface area (Å²) in [4.78, 5) is 33.8. The highest BCUT2D eigenvalue weighted by Gasteiger charge is 2.30. The molecule has 0 unspecified atom stereocenters. The van der Waals surface area contributed by atoms with E-state index in [4.69, 9.17) is 5.11 Å². The van der Waals surface area contributed by atoms with E-state index in [0.29, 0.717) is 0 Å². The molecular formula is C13H15FN2O4. The van der Waals surface area contributed by atoms with Crippen LogP contribution in [0.2, 0.25) is 0 Å². The van der Waals surface area contributed by atoms with Gasteiger partial charge >= 0.3 is 12.0 Å². The fraction of sp³-hybridized carbons (Fsp3) is 0.308. The van der Waals surface area contributed by atoms with Crippen molar-refractivity contribution in [2.45, 2.75) is 20.3 Å². The van der Waals surface area contributed by atoms with E-state index < -0.39 is 29.1 Å². The maximum atomic E-state index is 12.9. The minimum atomic E-state index is -1.27. The van der Waals surface area contributed by atoms with Crippen LogP contribution in [0.4, 0.5) is 14.9 Å². The minimum absolute atomic E-state index is 0.188. The Morgan fingerprint density at radius 1 is 1.30 bits per heavy atom. The van der Waals surface area contributed by atoms with E-state index in [1.165, 1.54) is 32.0 Å². The largest absolute Gasteiger partial charge is 0.481 e. The quantitative estimate of drug-likeness (QED) is 0.786. The van der Waals surface area contributed by atoms with Gasteiger partial charge in [-0.2, -0.15) is 0 Å². The summed E-state index contributed by atoms with van der Waals surface area (Å²) in [7, 11) is 0. The van der Waals surface area contributed by atoms with E-state index in [0.717, 1.165) is 6.07 Å². The number of nitrogens with one attached hydrogen (secondary N) is 2. The van der Waals surface area contributed by atoms with Crippen molar-refractivity contribution < 1.29 is 23.9 Å². The molecule has 0 aliphatic rings. The Morgan fingerprint density at radius 2 is 1.95 bits per heavy atom. The van der Waals surface area contributed by atoms with Crippen molar-refractivity contribution in [3.8, 4) is 0 Å². The first-order valence-corrected chi connectivity index (χ1v) is 5.80. The van der Waals surface area contributed by atoms with Crippen LogP contribution in [-0.2, 0) is 9.59 Å². The number of rotatable bonds is 4. The van der Waals surface area contributed by atoms with Crippen molar-refractivity contribution in [1.29, 1.82) is 0 Å². The predicted molar refractivity (Wildman–Crippen MR) is 69.6 cm³/mol. The summed E-state index contributed by atoms with van der Waals surface area (Å²) in [6.45, 7) is 2.75. The molecule has 0 radical (unpaired) electrons. The molecule has 0 saturated heterocycles. The number of carbonyl (C=O) groups is 3. The molecule has 6 nitrogen and oxygen atoms in total. The first kappa shape index (κ1) is 15.6. The van der Waals surface area contributed by atoms with E-state index in [-0.39, 0.29) is 12.1 Å². The molecule has 1 aromatic rings. The molecule has 0 fully saturated rings. The van der Waals surface area contributed by atoms with Gasteiger partial charge in [0.05, 0.1) is 5.41 Å². The molecule has 0 aromatic heterocycles. The van der Waals surface area contributed by atoms with Gasteiger partial charge in [0.1, 0.15) is 5.82 Å². The Labute approximate surface area is 115 Å². The number of anilines is 1. The molecule has 20 heavy (non-hydrogen) atoms. The normalized spacial score (nSPS) is 10.8. The molecule has 7 heteroatoms. The number of halogens is 1. The number of carboxylic acid groups (broad SMARTS) is 1. The summed E-state index contributed by atoms with van der Waals surface area (Å²) in [6.07, 6.45) is -0.348. The number of aliphatic carboxylic acids is 1. The molecular weight excluding hydrogens is 267 g/mol. The molecule has 0 bridgehead atoms. The second kappa shape index (κ2) is 6.14. The van der Waals surface area contributed by atoms with Crippen molar-refractivity contribution in [2.75, 3.05) is 5.32 Å². The van der Waals surface area contributed by atoms with Crippen molar-refractivity contribution in [3.63, 3.8) is 0 Å². The fourth-order valence-corrected chi connectivity index (χ4v) is 1.38. The highest BCUT2D eigenvalue weighted by molar-refractivity contribution is 6.02. The molecule has 1 rings (SSSR count). The fourth-order valence-electron chi connectivity index (χ4n) is 1.38. The lowest BCUT2D eigenvalue weighted by atomic mass is 9.89. The Hall–Kier alpha value is -2.44. The zero-order chi connectivity index (χ0) is 15.3. The smallest absolute Gasteiger partial charge is 0.325 e. The van der Waals surface area contributed by atoms with Crippen LogP contribution >= 0.6 is 0 Å². The SMILES string of the molecule is CC(C)(CC(=O)NC(=O)Nc1cccc(F)c1)C(=O)O. The van der Waals surface area contributed by atoms with Gasteiger partial charge in [0, 0.05) is 12.1 Å². The standard InChI is InChI=1S/C13H15FN2O4/c1-13(2,11(18)19)7-10(17)16-12(20)15-9-5-3-4-8(14)6-9/h3-6H,7H2,1-2H3,(H,18,19)(H2,15,16,17,20). The molecule has 0 spiro atoms. The van der Waals surface area contributed by atoms with Crippen molar-refractivity contribution >= 4 is 23.6 Å². The number of imide groups is 1. The van der Waals surface area contributed by atoms with E-state index in [1.54, 1.807) is 0 Å². The number of amides is 3. The zero-order valence-corrected chi connectivity index (χ0v) is 11.1. The molecule has 0 saturated carbocycles. The molecule has 0 atom stereocenters. The van der Waals surface area contributed by atoms with Crippen LogP contribution in [-0.4, -0.2) is 23.0 Å². The lowest BCUT2D eigenvalue weighted by Crippen LogP contribution is -2.38. The van der Waals surface area contributed by atoms with Crippen LogP contribution in [0.5, 0.6) is 0 Å². The second-order valence-corrected chi connectivity index (χ2v) is 4.88. The third-order valence-corrected chi connectivity index (χ3v) is 2.52. The first-order valence-electron chi connectivity index (χ1n) is 5.80. The van der Waals surface area contributed by atoms with Gasteiger partial charge in [0.25, 0.3) is 0 Å². The van der Waals surface area contributed by atoms with Crippen LogP contribution in [0.25, 0.3) is 0 Å². The van der Waals surface area contributed by atoms with Gasteiger partial charge in [-0.05, 0) is 32.0 Å². The maximum Gasteiger partial charge on any atom is 0.325 e. The first-order chi connectivity index (χ1) is 9.20. The van der Waals surface area contributed by atoms with Gasteiger partial charge in [0.2, 0.25) is 5.91 Å². The Bertz CT molecular complexity index is 543. The number of benzene rings is 1. The van der Waals surface area contributed by atoms with Gasteiger partial charge in [-0.1, -0.05) is 6.07 Å². The van der Waals surface area contributed by atoms with Crippen LogP contribution in [0, 0.1) is 11.2 Å². The Morgan fingerprint density at radius 3 is 2.50 bits per heavy atom. The number of carboxylic acids is 1. The number of hydrogen-bond donors (Lipinski definition) is 3. The zero-order valence-electron chi connectivity index (χ0n) is 11.1. The van der Waals surface area contributed by atoms with Crippen molar-refractivity contribution in [1.82, 2.24) is 5.32 Å². The number of carbonyl (C=O) groups excluding carboxylic acids is 2. The molecule has 3 amide bonds. The highest BCUT2D eigenvalue weighted by atomic mass is 19.1. The van der Waals surface area contributed by atoms with Crippen molar-refractivity contribution in [2.24, 2.45) is 5.41 Å².